The Morgan fingerprint density at radius 1 is 0.944 bits per heavy atom. The van der Waals surface area contributed by atoms with Crippen molar-refractivity contribution in [1.29, 1.82) is 0 Å². The van der Waals surface area contributed by atoms with Gasteiger partial charge in [0.15, 0.2) is 0 Å². The number of hydrogen-bond acceptors (Lipinski definition) is 1. The molecule has 1 heteroatoms. The van der Waals surface area contributed by atoms with Crippen LogP contribution in [0.4, 0.5) is 0 Å². The molecule has 1 nitrogen and oxygen atoms in total. The first-order chi connectivity index (χ1) is 8.14. The van der Waals surface area contributed by atoms with Crippen LogP contribution in [0.2, 0.25) is 0 Å². The Bertz CT molecular complexity index is 362. The molecule has 1 N–H and O–H groups in total. The number of aliphatic hydroxyl groups excluding tert-OH is 1. The van der Waals surface area contributed by atoms with Gasteiger partial charge in [-0.15, -0.1) is 0 Å². The van der Waals surface area contributed by atoms with Crippen LogP contribution in [-0.2, 0) is 11.8 Å². The minimum atomic E-state index is 0.150. The molecule has 0 saturated heterocycles. The molecule has 0 fully saturated rings. The molecule has 0 aliphatic heterocycles. The summed E-state index contributed by atoms with van der Waals surface area (Å²) in [7, 11) is 0. The third-order valence-electron chi connectivity index (χ3n) is 3.75. The summed E-state index contributed by atoms with van der Waals surface area (Å²) in [6, 6.07) is 8.84. The standard InChI is InChI=1S/C17H28O/c1-16(2,3)14-9-7-13(8-10-14)11-15(12-18)17(4,5)6/h7-10,15,18H,11-12H2,1-6H3. The lowest BCUT2D eigenvalue weighted by molar-refractivity contribution is 0.131. The molecule has 0 amide bonds. The third kappa shape index (κ3) is 4.13. The van der Waals surface area contributed by atoms with E-state index < -0.39 is 0 Å². The smallest absolute Gasteiger partial charge is 0.0467 e. The van der Waals surface area contributed by atoms with Gasteiger partial charge in [-0.25, -0.2) is 0 Å². The SMILES string of the molecule is CC(C)(C)c1ccc(CC(CO)C(C)(C)C)cc1. The number of hydrogen-bond donors (Lipinski definition) is 1. The highest BCUT2D eigenvalue weighted by molar-refractivity contribution is 5.27. The van der Waals surface area contributed by atoms with Gasteiger partial charge in [0.25, 0.3) is 0 Å². The highest BCUT2D eigenvalue weighted by Crippen LogP contribution is 2.29. The number of benzene rings is 1. The molecule has 0 heterocycles. The van der Waals surface area contributed by atoms with Crippen molar-refractivity contribution < 1.29 is 5.11 Å². The summed E-state index contributed by atoms with van der Waals surface area (Å²) < 4.78 is 0. The second-order valence-electron chi connectivity index (χ2n) is 7.40. The fourth-order valence-corrected chi connectivity index (χ4v) is 2.07. The Morgan fingerprint density at radius 2 is 1.44 bits per heavy atom. The average molecular weight is 248 g/mol. The van der Waals surface area contributed by atoms with E-state index in [-0.39, 0.29) is 17.4 Å². The largest absolute Gasteiger partial charge is 0.396 e. The van der Waals surface area contributed by atoms with Crippen LogP contribution in [0.3, 0.4) is 0 Å². The highest BCUT2D eigenvalue weighted by atomic mass is 16.3. The zero-order chi connectivity index (χ0) is 14.0. The van der Waals surface area contributed by atoms with E-state index in [2.05, 4.69) is 65.8 Å². The van der Waals surface area contributed by atoms with E-state index in [1.807, 2.05) is 0 Å². The predicted octanol–water partition coefficient (Wildman–Crippen LogP) is 4.18. The second kappa shape index (κ2) is 5.44. The van der Waals surface area contributed by atoms with Crippen molar-refractivity contribution in [2.24, 2.45) is 11.3 Å². The zero-order valence-corrected chi connectivity index (χ0v) is 12.7. The lowest BCUT2D eigenvalue weighted by Gasteiger charge is -2.29. The van der Waals surface area contributed by atoms with Crippen molar-refractivity contribution in [3.05, 3.63) is 35.4 Å². The van der Waals surface area contributed by atoms with E-state index in [0.29, 0.717) is 5.92 Å². The molecular weight excluding hydrogens is 220 g/mol. The molecule has 0 radical (unpaired) electrons. The fourth-order valence-electron chi connectivity index (χ4n) is 2.07. The van der Waals surface area contributed by atoms with Crippen molar-refractivity contribution in [1.82, 2.24) is 0 Å². The van der Waals surface area contributed by atoms with E-state index >= 15 is 0 Å². The van der Waals surface area contributed by atoms with Gasteiger partial charge in [-0.1, -0.05) is 65.8 Å². The Balaban J connectivity index is 2.81. The predicted molar refractivity (Wildman–Crippen MR) is 78.9 cm³/mol. The molecular formula is C17H28O. The van der Waals surface area contributed by atoms with Gasteiger partial charge in [0.2, 0.25) is 0 Å². The van der Waals surface area contributed by atoms with Crippen LogP contribution in [0.1, 0.15) is 52.7 Å². The van der Waals surface area contributed by atoms with E-state index in [9.17, 15) is 5.11 Å². The Labute approximate surface area is 112 Å². The maximum absolute atomic E-state index is 9.51. The van der Waals surface area contributed by atoms with Crippen LogP contribution in [-0.4, -0.2) is 11.7 Å². The summed E-state index contributed by atoms with van der Waals surface area (Å²) in [4.78, 5) is 0. The van der Waals surface area contributed by atoms with E-state index in [1.165, 1.54) is 11.1 Å². The topological polar surface area (TPSA) is 20.2 Å². The van der Waals surface area contributed by atoms with Gasteiger partial charge in [0, 0.05) is 6.61 Å². The van der Waals surface area contributed by atoms with Crippen molar-refractivity contribution >= 4 is 0 Å². The molecule has 0 spiro atoms. The van der Waals surface area contributed by atoms with Crippen molar-refractivity contribution in [3.63, 3.8) is 0 Å². The summed E-state index contributed by atoms with van der Waals surface area (Å²) >= 11 is 0. The highest BCUT2D eigenvalue weighted by Gasteiger charge is 2.24. The molecule has 1 atom stereocenters. The van der Waals surface area contributed by atoms with Crippen LogP contribution in [0.15, 0.2) is 24.3 Å². The van der Waals surface area contributed by atoms with Crippen LogP contribution < -0.4 is 0 Å². The first kappa shape index (κ1) is 15.2. The van der Waals surface area contributed by atoms with Crippen LogP contribution in [0.5, 0.6) is 0 Å². The van der Waals surface area contributed by atoms with Crippen LogP contribution in [0.25, 0.3) is 0 Å². The van der Waals surface area contributed by atoms with Gasteiger partial charge in [-0.3, -0.25) is 0 Å². The summed E-state index contributed by atoms with van der Waals surface area (Å²) in [6.07, 6.45) is 0.949. The first-order valence-electron chi connectivity index (χ1n) is 6.85. The molecule has 0 bridgehead atoms. The lowest BCUT2D eigenvalue weighted by atomic mass is 9.77. The Hall–Kier alpha value is -0.820. The lowest BCUT2D eigenvalue weighted by Crippen LogP contribution is -2.26. The van der Waals surface area contributed by atoms with Gasteiger partial charge < -0.3 is 5.11 Å². The number of rotatable bonds is 3. The second-order valence-corrected chi connectivity index (χ2v) is 7.40. The van der Waals surface area contributed by atoms with Gasteiger partial charge >= 0.3 is 0 Å². The molecule has 1 aromatic rings. The zero-order valence-electron chi connectivity index (χ0n) is 12.7. The molecule has 0 aliphatic carbocycles. The molecule has 1 rings (SSSR count). The van der Waals surface area contributed by atoms with Crippen molar-refractivity contribution in [3.8, 4) is 0 Å². The number of aliphatic hydroxyl groups is 1. The van der Waals surface area contributed by atoms with E-state index in [0.717, 1.165) is 6.42 Å². The van der Waals surface area contributed by atoms with Crippen molar-refractivity contribution in [2.45, 2.75) is 53.4 Å². The minimum Gasteiger partial charge on any atom is -0.396 e. The third-order valence-corrected chi connectivity index (χ3v) is 3.75. The maximum Gasteiger partial charge on any atom is 0.0467 e. The summed E-state index contributed by atoms with van der Waals surface area (Å²) in [5.74, 6) is 0.318. The minimum absolute atomic E-state index is 0.150. The fraction of sp³-hybridized carbons (Fsp3) is 0.647. The molecule has 1 aromatic carbocycles. The molecule has 0 aliphatic rings. The Morgan fingerprint density at radius 3 is 1.78 bits per heavy atom. The maximum atomic E-state index is 9.51. The molecule has 0 saturated carbocycles. The Kier molecular flexibility index (Phi) is 4.61. The quantitative estimate of drug-likeness (QED) is 0.850. The molecule has 1 unspecified atom stereocenters. The normalized spacial score (nSPS) is 14.6. The molecule has 18 heavy (non-hydrogen) atoms. The van der Waals surface area contributed by atoms with E-state index in [1.54, 1.807) is 0 Å². The van der Waals surface area contributed by atoms with Crippen LogP contribution >= 0.6 is 0 Å². The van der Waals surface area contributed by atoms with Crippen LogP contribution in [0, 0.1) is 11.3 Å². The monoisotopic (exact) mass is 248 g/mol. The van der Waals surface area contributed by atoms with Gasteiger partial charge in [0.1, 0.15) is 0 Å². The van der Waals surface area contributed by atoms with Gasteiger partial charge in [0.05, 0.1) is 0 Å². The molecule has 102 valence electrons. The van der Waals surface area contributed by atoms with Crippen molar-refractivity contribution in [2.75, 3.05) is 6.61 Å². The van der Waals surface area contributed by atoms with E-state index in [4.69, 9.17) is 0 Å². The van der Waals surface area contributed by atoms with Gasteiger partial charge in [-0.2, -0.15) is 0 Å². The summed E-state index contributed by atoms with van der Waals surface area (Å²) in [5.41, 5.74) is 3.04. The molecule has 0 aromatic heterocycles. The summed E-state index contributed by atoms with van der Waals surface area (Å²) in [5, 5.41) is 9.51. The first-order valence-corrected chi connectivity index (χ1v) is 6.85. The summed E-state index contributed by atoms with van der Waals surface area (Å²) in [6.45, 7) is 13.5. The van der Waals surface area contributed by atoms with Gasteiger partial charge in [-0.05, 0) is 34.3 Å². The average Bonchev–Trinajstić information content (AvgIpc) is 2.23.